The molecule has 5 rings (SSSR count). The lowest BCUT2D eigenvalue weighted by Crippen LogP contribution is -2.16. The summed E-state index contributed by atoms with van der Waals surface area (Å²) in [5, 5.41) is 10.7. The molecule has 9 nitrogen and oxygen atoms in total. The molecule has 36 heavy (non-hydrogen) atoms. The van der Waals surface area contributed by atoms with Crippen molar-refractivity contribution in [2.24, 2.45) is 4.99 Å². The third-order valence-corrected chi connectivity index (χ3v) is 5.88. The minimum absolute atomic E-state index is 0.165. The summed E-state index contributed by atoms with van der Waals surface area (Å²) in [4.78, 5) is 17.8. The molecule has 0 fully saturated rings. The molecule has 184 valence electrons. The Morgan fingerprint density at radius 3 is 2.64 bits per heavy atom. The average molecular weight is 484 g/mol. The first-order valence-electron chi connectivity index (χ1n) is 11.9. The van der Waals surface area contributed by atoms with E-state index in [1.54, 1.807) is 12.5 Å². The maximum absolute atomic E-state index is 6.00. The second-order valence-electron chi connectivity index (χ2n) is 8.71. The minimum Gasteiger partial charge on any atom is -0.463 e. The molecule has 0 spiro atoms. The van der Waals surface area contributed by atoms with Gasteiger partial charge in [0.05, 0.1) is 17.8 Å². The van der Waals surface area contributed by atoms with Crippen molar-refractivity contribution in [1.82, 2.24) is 20.3 Å². The van der Waals surface area contributed by atoms with E-state index >= 15 is 0 Å². The predicted molar refractivity (Wildman–Crippen MR) is 142 cm³/mol. The summed E-state index contributed by atoms with van der Waals surface area (Å²) in [6.45, 7) is 5.45. The van der Waals surface area contributed by atoms with E-state index in [1.165, 1.54) is 0 Å². The molecule has 9 heteroatoms. The smallest absolute Gasteiger partial charge is 0.289 e. The first-order valence-corrected chi connectivity index (χ1v) is 11.9. The van der Waals surface area contributed by atoms with Crippen LogP contribution in [0, 0.1) is 13.8 Å². The summed E-state index contributed by atoms with van der Waals surface area (Å²) in [5.74, 6) is 2.19. The Morgan fingerprint density at radius 2 is 1.83 bits per heavy atom. The van der Waals surface area contributed by atoms with Gasteiger partial charge in [0, 0.05) is 22.5 Å². The summed E-state index contributed by atoms with van der Waals surface area (Å²) in [6, 6.07) is 16.4. The number of pyridine rings is 1. The number of hydrogen-bond acceptors (Lipinski definition) is 9. The van der Waals surface area contributed by atoms with Crippen LogP contribution in [0.2, 0.25) is 0 Å². The summed E-state index contributed by atoms with van der Waals surface area (Å²) in [6.07, 6.45) is 4.22. The maximum atomic E-state index is 6.00. The fourth-order valence-corrected chi connectivity index (χ4v) is 3.92. The summed E-state index contributed by atoms with van der Waals surface area (Å²) >= 11 is 0. The molecule has 1 aliphatic heterocycles. The number of aryl methyl sites for hydroxylation is 2. The van der Waals surface area contributed by atoms with Gasteiger partial charge < -0.3 is 25.4 Å². The van der Waals surface area contributed by atoms with E-state index < -0.39 is 0 Å². The van der Waals surface area contributed by atoms with Gasteiger partial charge in [-0.3, -0.25) is 4.98 Å². The Balaban J connectivity index is 1.33. The summed E-state index contributed by atoms with van der Waals surface area (Å²) < 4.78 is 11.7. The van der Waals surface area contributed by atoms with Gasteiger partial charge in [0.25, 0.3) is 6.02 Å². The van der Waals surface area contributed by atoms with Crippen molar-refractivity contribution in [1.29, 1.82) is 0 Å². The number of hydrogen-bond donors (Lipinski definition) is 3. The van der Waals surface area contributed by atoms with E-state index in [0.29, 0.717) is 24.2 Å². The zero-order valence-corrected chi connectivity index (χ0v) is 20.6. The van der Waals surface area contributed by atoms with Crippen LogP contribution >= 0.6 is 0 Å². The molecular weight excluding hydrogens is 454 g/mol. The van der Waals surface area contributed by atoms with E-state index in [2.05, 4.69) is 35.9 Å². The Morgan fingerprint density at radius 1 is 0.972 bits per heavy atom. The molecule has 1 unspecified atom stereocenters. The zero-order chi connectivity index (χ0) is 24.9. The monoisotopic (exact) mass is 483 g/mol. The molecular formula is C27H29N7O2. The van der Waals surface area contributed by atoms with Gasteiger partial charge >= 0.3 is 0 Å². The molecule has 4 aromatic rings. The van der Waals surface area contributed by atoms with Crippen LogP contribution in [-0.2, 0) is 4.74 Å². The summed E-state index contributed by atoms with van der Waals surface area (Å²) in [5.41, 5.74) is 4.54. The molecule has 0 saturated carbocycles. The number of anilines is 3. The maximum Gasteiger partial charge on any atom is 0.289 e. The Kier molecular flexibility index (Phi) is 6.90. The van der Waals surface area contributed by atoms with Gasteiger partial charge in [0.15, 0.2) is 0 Å². The van der Waals surface area contributed by atoms with Crippen molar-refractivity contribution in [3.05, 3.63) is 72.3 Å². The number of aromatic nitrogens is 3. The second kappa shape index (κ2) is 10.6. The Bertz CT molecular complexity index is 1390. The average Bonchev–Trinajstić information content (AvgIpc) is 3.33. The van der Waals surface area contributed by atoms with Gasteiger partial charge in [-0.25, -0.2) is 15.0 Å². The van der Waals surface area contributed by atoms with Gasteiger partial charge in [0.1, 0.15) is 30.3 Å². The number of ether oxygens (including phenoxy) is 2. The lowest BCUT2D eigenvalue weighted by molar-refractivity contribution is 0.310. The van der Waals surface area contributed by atoms with E-state index in [9.17, 15) is 0 Å². The van der Waals surface area contributed by atoms with Crippen molar-refractivity contribution >= 4 is 34.1 Å². The third-order valence-electron chi connectivity index (χ3n) is 5.88. The molecule has 3 heterocycles. The molecule has 0 radical (unpaired) electrons. The van der Waals surface area contributed by atoms with Crippen LogP contribution in [0.4, 0.5) is 17.2 Å². The highest BCUT2D eigenvalue weighted by atomic mass is 16.5. The molecule has 0 aliphatic carbocycles. The quantitative estimate of drug-likeness (QED) is 0.323. The Hall–Kier alpha value is -4.24. The molecule has 0 amide bonds. The standard InChI is InChI=1S/C27H29N7O2/c1-17-12-19(6-9-25(17)36-22-7-4-18(2)29-14-22)32-26-23-13-20(5-8-24(23)30-16-31-26)33-27-34-21(15-35-27)10-11-28-3/h4-9,12-14,16,21,28H,10-11,15H2,1-3H3,(H,33,34)(H,30,31,32). The molecule has 3 N–H and O–H groups in total. The van der Waals surface area contributed by atoms with Crippen LogP contribution in [0.15, 0.2) is 66.0 Å². The summed E-state index contributed by atoms with van der Waals surface area (Å²) in [7, 11) is 1.94. The molecule has 2 aromatic carbocycles. The fourth-order valence-electron chi connectivity index (χ4n) is 3.92. The van der Waals surface area contributed by atoms with E-state index in [4.69, 9.17) is 9.47 Å². The Labute approximate surface area is 210 Å². The van der Waals surface area contributed by atoms with Crippen molar-refractivity contribution in [3.63, 3.8) is 0 Å². The topological polar surface area (TPSA) is 106 Å². The lowest BCUT2D eigenvalue weighted by atomic mass is 10.1. The molecule has 0 bridgehead atoms. The highest BCUT2D eigenvalue weighted by Crippen LogP contribution is 2.30. The van der Waals surface area contributed by atoms with Crippen molar-refractivity contribution < 1.29 is 9.47 Å². The van der Waals surface area contributed by atoms with Crippen molar-refractivity contribution in [2.45, 2.75) is 26.3 Å². The van der Waals surface area contributed by atoms with Crippen molar-refractivity contribution in [3.8, 4) is 11.5 Å². The second-order valence-corrected chi connectivity index (χ2v) is 8.71. The van der Waals surface area contributed by atoms with Crippen LogP contribution in [0.1, 0.15) is 17.7 Å². The molecule has 0 saturated heterocycles. The zero-order valence-electron chi connectivity index (χ0n) is 20.6. The van der Waals surface area contributed by atoms with Gasteiger partial charge in [0.2, 0.25) is 0 Å². The highest BCUT2D eigenvalue weighted by molar-refractivity contribution is 5.97. The number of benzene rings is 2. The first kappa shape index (κ1) is 23.5. The van der Waals surface area contributed by atoms with Crippen LogP contribution < -0.4 is 20.7 Å². The lowest BCUT2D eigenvalue weighted by Gasteiger charge is -2.13. The minimum atomic E-state index is 0.165. The van der Waals surface area contributed by atoms with Crippen LogP contribution in [0.25, 0.3) is 10.9 Å². The highest BCUT2D eigenvalue weighted by Gasteiger charge is 2.18. The fraction of sp³-hybridized carbons (Fsp3) is 0.259. The van der Waals surface area contributed by atoms with Gasteiger partial charge in [-0.1, -0.05) is 0 Å². The van der Waals surface area contributed by atoms with Crippen LogP contribution in [0.3, 0.4) is 0 Å². The normalized spacial score (nSPS) is 14.9. The molecule has 1 atom stereocenters. The van der Waals surface area contributed by atoms with E-state index in [0.717, 1.165) is 52.3 Å². The molecule has 1 aliphatic rings. The van der Waals surface area contributed by atoms with E-state index in [1.807, 2.05) is 69.4 Å². The molecule has 2 aromatic heterocycles. The number of rotatable bonds is 8. The van der Waals surface area contributed by atoms with Gasteiger partial charge in [-0.2, -0.15) is 0 Å². The number of aliphatic imine (C=N–C) groups is 1. The van der Waals surface area contributed by atoms with Crippen LogP contribution in [0.5, 0.6) is 11.5 Å². The third kappa shape index (κ3) is 5.52. The SMILES string of the molecule is CNCCC1COC(Nc2ccc3ncnc(Nc4ccc(Oc5ccc(C)nc5)c(C)c4)c3c2)=N1. The number of amidine groups is 1. The number of nitrogens with one attached hydrogen (secondary N) is 3. The number of fused-ring (bicyclic) bond motifs is 1. The van der Waals surface area contributed by atoms with Crippen molar-refractivity contribution in [2.75, 3.05) is 30.8 Å². The van der Waals surface area contributed by atoms with Gasteiger partial charge in [-0.15, -0.1) is 0 Å². The number of nitrogens with zero attached hydrogens (tertiary/aromatic N) is 4. The van der Waals surface area contributed by atoms with Gasteiger partial charge in [-0.05, 0) is 88.0 Å². The van der Waals surface area contributed by atoms with E-state index in [-0.39, 0.29) is 6.04 Å². The first-order chi connectivity index (χ1) is 17.6. The van der Waals surface area contributed by atoms with Crippen LogP contribution in [-0.4, -0.2) is 47.2 Å². The predicted octanol–water partition coefficient (Wildman–Crippen LogP) is 4.95. The largest absolute Gasteiger partial charge is 0.463 e.